The van der Waals surface area contributed by atoms with E-state index in [1.165, 1.54) is 0 Å². The number of hydrogen-bond acceptors (Lipinski definition) is 3. The molecule has 1 aliphatic rings. The van der Waals surface area contributed by atoms with Gasteiger partial charge in [0.25, 0.3) is 0 Å². The summed E-state index contributed by atoms with van der Waals surface area (Å²) in [7, 11) is -3.08. The molecular formula is C10H22N2O2S. The van der Waals surface area contributed by atoms with E-state index in [2.05, 4.69) is 5.32 Å². The molecule has 0 aromatic carbocycles. The number of hydrogen-bond donors (Lipinski definition) is 1. The minimum atomic E-state index is -3.08. The van der Waals surface area contributed by atoms with Gasteiger partial charge in [0.05, 0.1) is 5.75 Å². The van der Waals surface area contributed by atoms with Gasteiger partial charge in [-0.2, -0.15) is 4.31 Å². The summed E-state index contributed by atoms with van der Waals surface area (Å²) in [6.45, 7) is 9.83. The predicted molar refractivity (Wildman–Crippen MR) is 62.3 cm³/mol. The van der Waals surface area contributed by atoms with Crippen molar-refractivity contribution in [3.8, 4) is 0 Å². The lowest BCUT2D eigenvalue weighted by atomic mass is 10.0. The van der Waals surface area contributed by atoms with Gasteiger partial charge in [-0.1, -0.05) is 20.8 Å². The van der Waals surface area contributed by atoms with E-state index >= 15 is 0 Å². The molecule has 0 aliphatic carbocycles. The second kappa shape index (κ2) is 4.39. The van der Waals surface area contributed by atoms with Crippen molar-refractivity contribution in [3.05, 3.63) is 0 Å². The molecule has 0 aromatic rings. The van der Waals surface area contributed by atoms with Crippen molar-refractivity contribution < 1.29 is 8.42 Å². The summed E-state index contributed by atoms with van der Waals surface area (Å²) >= 11 is 0. The molecule has 1 atom stereocenters. The van der Waals surface area contributed by atoms with Crippen molar-refractivity contribution in [1.82, 2.24) is 9.62 Å². The summed E-state index contributed by atoms with van der Waals surface area (Å²) < 4.78 is 25.7. The lowest BCUT2D eigenvalue weighted by Crippen LogP contribution is -2.52. The fraction of sp³-hybridized carbons (Fsp3) is 1.00. The Kier molecular flexibility index (Phi) is 3.79. The standard InChI is InChI=1S/C10H22N2O2S/c1-9-7-12(6-5-11-9)15(13,14)8-10(2,3)4/h9,11H,5-8H2,1-4H3/t9-/m0/s1. The number of piperazine rings is 1. The highest BCUT2D eigenvalue weighted by Gasteiger charge is 2.30. The lowest BCUT2D eigenvalue weighted by molar-refractivity contribution is 0.304. The molecule has 90 valence electrons. The molecule has 0 saturated carbocycles. The zero-order chi connectivity index (χ0) is 11.7. The van der Waals surface area contributed by atoms with Crippen molar-refractivity contribution in [1.29, 1.82) is 0 Å². The molecular weight excluding hydrogens is 212 g/mol. The van der Waals surface area contributed by atoms with Gasteiger partial charge in [0.1, 0.15) is 0 Å². The van der Waals surface area contributed by atoms with Crippen LogP contribution in [-0.4, -0.2) is 44.2 Å². The van der Waals surface area contributed by atoms with E-state index in [1.807, 2.05) is 27.7 Å². The van der Waals surface area contributed by atoms with Gasteiger partial charge < -0.3 is 5.32 Å². The summed E-state index contributed by atoms with van der Waals surface area (Å²) in [6, 6.07) is 0.258. The SMILES string of the molecule is C[C@H]1CN(S(=O)(=O)CC(C)(C)C)CCN1. The van der Waals surface area contributed by atoms with E-state index < -0.39 is 10.0 Å². The molecule has 0 bridgehead atoms. The zero-order valence-corrected chi connectivity index (χ0v) is 10.9. The van der Waals surface area contributed by atoms with E-state index in [0.29, 0.717) is 13.1 Å². The minimum Gasteiger partial charge on any atom is -0.312 e. The van der Waals surface area contributed by atoms with Crippen molar-refractivity contribution in [2.24, 2.45) is 5.41 Å². The van der Waals surface area contributed by atoms with Crippen LogP contribution in [0.1, 0.15) is 27.7 Å². The molecule has 1 rings (SSSR count). The second-order valence-electron chi connectivity index (χ2n) is 5.53. The van der Waals surface area contributed by atoms with Gasteiger partial charge in [0.15, 0.2) is 0 Å². The quantitative estimate of drug-likeness (QED) is 0.763. The van der Waals surface area contributed by atoms with Crippen molar-refractivity contribution in [3.63, 3.8) is 0 Å². The fourth-order valence-corrected chi connectivity index (χ4v) is 3.89. The van der Waals surface area contributed by atoms with E-state index in [-0.39, 0.29) is 17.2 Å². The second-order valence-corrected chi connectivity index (χ2v) is 7.50. The molecule has 0 radical (unpaired) electrons. The first-order chi connectivity index (χ1) is 6.71. The largest absolute Gasteiger partial charge is 0.312 e. The van der Waals surface area contributed by atoms with Gasteiger partial charge >= 0.3 is 0 Å². The third-order valence-electron chi connectivity index (χ3n) is 2.34. The highest BCUT2D eigenvalue weighted by Crippen LogP contribution is 2.19. The Morgan fingerprint density at radius 3 is 2.47 bits per heavy atom. The van der Waals surface area contributed by atoms with Crippen molar-refractivity contribution in [2.45, 2.75) is 33.7 Å². The summed E-state index contributed by atoms with van der Waals surface area (Å²) in [5.74, 6) is 0.229. The Morgan fingerprint density at radius 1 is 1.40 bits per heavy atom. The normalized spacial score (nSPS) is 25.5. The summed E-state index contributed by atoms with van der Waals surface area (Å²) in [4.78, 5) is 0. The zero-order valence-electron chi connectivity index (χ0n) is 10.1. The molecule has 1 fully saturated rings. The monoisotopic (exact) mass is 234 g/mol. The molecule has 1 aliphatic heterocycles. The van der Waals surface area contributed by atoms with Gasteiger partial charge in [0, 0.05) is 25.7 Å². The van der Waals surface area contributed by atoms with Crippen LogP contribution in [0.5, 0.6) is 0 Å². The molecule has 0 aromatic heterocycles. The molecule has 0 unspecified atom stereocenters. The first kappa shape index (κ1) is 12.9. The highest BCUT2D eigenvalue weighted by atomic mass is 32.2. The van der Waals surface area contributed by atoms with Gasteiger partial charge in [0.2, 0.25) is 10.0 Å². The third-order valence-corrected chi connectivity index (χ3v) is 4.69. The van der Waals surface area contributed by atoms with Crippen LogP contribution < -0.4 is 5.32 Å². The molecule has 15 heavy (non-hydrogen) atoms. The summed E-state index contributed by atoms with van der Waals surface area (Å²) in [5, 5.41) is 3.24. The minimum absolute atomic E-state index is 0.174. The number of rotatable bonds is 2. The maximum absolute atomic E-state index is 12.0. The van der Waals surface area contributed by atoms with Gasteiger partial charge in [-0.25, -0.2) is 8.42 Å². The first-order valence-electron chi connectivity index (χ1n) is 5.42. The average molecular weight is 234 g/mol. The Hall–Kier alpha value is -0.130. The first-order valence-corrected chi connectivity index (χ1v) is 7.03. The van der Waals surface area contributed by atoms with Crippen LogP contribution in [-0.2, 0) is 10.0 Å². The van der Waals surface area contributed by atoms with Gasteiger partial charge in [-0.15, -0.1) is 0 Å². The molecule has 5 heteroatoms. The van der Waals surface area contributed by atoms with E-state index in [4.69, 9.17) is 0 Å². The van der Waals surface area contributed by atoms with E-state index in [1.54, 1.807) is 4.31 Å². The molecule has 0 amide bonds. The van der Waals surface area contributed by atoms with Crippen molar-refractivity contribution >= 4 is 10.0 Å². The maximum Gasteiger partial charge on any atom is 0.214 e. The molecule has 0 spiro atoms. The summed E-state index contributed by atoms with van der Waals surface area (Å²) in [6.07, 6.45) is 0. The Labute approximate surface area is 93.1 Å². The van der Waals surface area contributed by atoms with E-state index in [9.17, 15) is 8.42 Å². The van der Waals surface area contributed by atoms with Crippen LogP contribution in [0.15, 0.2) is 0 Å². The summed E-state index contributed by atoms with van der Waals surface area (Å²) in [5.41, 5.74) is -0.174. The van der Waals surface area contributed by atoms with Crippen LogP contribution in [0.25, 0.3) is 0 Å². The van der Waals surface area contributed by atoms with Crippen molar-refractivity contribution in [2.75, 3.05) is 25.4 Å². The maximum atomic E-state index is 12.0. The molecule has 1 heterocycles. The van der Waals surface area contributed by atoms with E-state index in [0.717, 1.165) is 6.54 Å². The smallest absolute Gasteiger partial charge is 0.214 e. The van der Waals surface area contributed by atoms with Gasteiger partial charge in [-0.3, -0.25) is 0 Å². The molecule has 1 saturated heterocycles. The van der Waals surface area contributed by atoms with Crippen LogP contribution in [0, 0.1) is 5.41 Å². The molecule has 4 nitrogen and oxygen atoms in total. The number of nitrogens with zero attached hydrogens (tertiary/aromatic N) is 1. The van der Waals surface area contributed by atoms with Crippen LogP contribution >= 0.6 is 0 Å². The number of sulfonamides is 1. The van der Waals surface area contributed by atoms with Crippen LogP contribution in [0.2, 0.25) is 0 Å². The van der Waals surface area contributed by atoms with Crippen LogP contribution in [0.3, 0.4) is 0 Å². The predicted octanol–water partition coefficient (Wildman–Crippen LogP) is 0.656. The van der Waals surface area contributed by atoms with Gasteiger partial charge in [-0.05, 0) is 12.3 Å². The third kappa shape index (κ3) is 4.09. The Bertz CT molecular complexity index is 306. The average Bonchev–Trinajstić information content (AvgIpc) is 1.99. The lowest BCUT2D eigenvalue weighted by Gasteiger charge is -2.33. The van der Waals surface area contributed by atoms with Crippen LogP contribution in [0.4, 0.5) is 0 Å². The fourth-order valence-electron chi connectivity index (χ4n) is 1.79. The Balaban J connectivity index is 2.69. The number of nitrogens with one attached hydrogen (secondary N) is 1. The topological polar surface area (TPSA) is 49.4 Å². The Morgan fingerprint density at radius 2 is 2.00 bits per heavy atom. The molecule has 1 N–H and O–H groups in total. The highest BCUT2D eigenvalue weighted by molar-refractivity contribution is 7.89.